The van der Waals surface area contributed by atoms with Gasteiger partial charge in [0.1, 0.15) is 0 Å². The number of fused-ring (bicyclic) bond motifs is 1. The van der Waals surface area contributed by atoms with Crippen LogP contribution in [0.2, 0.25) is 0 Å². The van der Waals surface area contributed by atoms with Crippen molar-refractivity contribution in [3.8, 4) is 0 Å². The number of thioether (sulfide) groups is 1. The van der Waals surface area contributed by atoms with E-state index in [9.17, 15) is 9.59 Å². The van der Waals surface area contributed by atoms with E-state index in [0.717, 1.165) is 22.7 Å². The Hall–Kier alpha value is -2.28. The molecule has 1 aliphatic heterocycles. The van der Waals surface area contributed by atoms with Gasteiger partial charge in [-0.15, -0.1) is 11.8 Å². The lowest BCUT2D eigenvalue weighted by molar-refractivity contribution is -0.115. The molecule has 2 heterocycles. The van der Waals surface area contributed by atoms with Crippen LogP contribution in [0.15, 0.2) is 23.1 Å². The standard InChI is InChI=1S/C19H24N4O2S/c1-10(8-15-11(2)22-23(5)12(15)3)20-19(25)14-6-7-17-16(9-14)21-18(24)13(4)26-17/h6-7,9-10,13H,8H2,1-5H3,(H,20,25)(H,21,24)/t10-,13-/m1/s1. The predicted molar refractivity (Wildman–Crippen MR) is 104 cm³/mol. The number of nitrogens with one attached hydrogen (secondary N) is 2. The summed E-state index contributed by atoms with van der Waals surface area (Å²) in [4.78, 5) is 25.4. The molecule has 0 unspecified atom stereocenters. The van der Waals surface area contributed by atoms with Gasteiger partial charge in [-0.1, -0.05) is 0 Å². The van der Waals surface area contributed by atoms with Crippen LogP contribution >= 0.6 is 11.8 Å². The number of carbonyl (C=O) groups excluding carboxylic acids is 2. The highest BCUT2D eigenvalue weighted by molar-refractivity contribution is 8.00. The minimum absolute atomic E-state index is 0.0240. The van der Waals surface area contributed by atoms with Crippen LogP contribution in [0.25, 0.3) is 0 Å². The second kappa shape index (κ2) is 7.15. The third-order valence-electron chi connectivity index (χ3n) is 4.72. The Morgan fingerprint density at radius 1 is 1.42 bits per heavy atom. The molecule has 2 N–H and O–H groups in total. The molecule has 2 atom stereocenters. The zero-order valence-corrected chi connectivity index (χ0v) is 16.5. The summed E-state index contributed by atoms with van der Waals surface area (Å²) >= 11 is 1.51. The minimum atomic E-state index is -0.141. The van der Waals surface area contributed by atoms with Gasteiger partial charge >= 0.3 is 0 Å². The third kappa shape index (κ3) is 3.62. The Bertz CT molecular complexity index is 875. The Kier molecular flexibility index (Phi) is 5.09. The highest BCUT2D eigenvalue weighted by Gasteiger charge is 2.24. The average molecular weight is 372 g/mol. The van der Waals surface area contributed by atoms with E-state index in [2.05, 4.69) is 15.7 Å². The second-order valence-electron chi connectivity index (χ2n) is 6.81. The average Bonchev–Trinajstić information content (AvgIpc) is 2.81. The number of anilines is 1. The molecule has 138 valence electrons. The van der Waals surface area contributed by atoms with E-state index >= 15 is 0 Å². The van der Waals surface area contributed by atoms with E-state index in [0.29, 0.717) is 11.3 Å². The van der Waals surface area contributed by atoms with Gasteiger partial charge in [-0.3, -0.25) is 14.3 Å². The first-order chi connectivity index (χ1) is 12.3. The van der Waals surface area contributed by atoms with Gasteiger partial charge in [-0.25, -0.2) is 0 Å². The van der Waals surface area contributed by atoms with Crippen molar-refractivity contribution in [2.24, 2.45) is 7.05 Å². The molecule has 6 nitrogen and oxygen atoms in total. The van der Waals surface area contributed by atoms with Crippen molar-refractivity contribution in [2.45, 2.75) is 50.3 Å². The molecule has 0 saturated heterocycles. The number of rotatable bonds is 4. The van der Waals surface area contributed by atoms with Gasteiger partial charge < -0.3 is 10.6 Å². The number of aryl methyl sites for hydroxylation is 2. The molecule has 26 heavy (non-hydrogen) atoms. The summed E-state index contributed by atoms with van der Waals surface area (Å²) in [5.74, 6) is -0.173. The fourth-order valence-corrected chi connectivity index (χ4v) is 4.06. The molecule has 7 heteroatoms. The van der Waals surface area contributed by atoms with Crippen molar-refractivity contribution in [3.05, 3.63) is 40.7 Å². The first-order valence-electron chi connectivity index (χ1n) is 8.67. The molecule has 1 aromatic heterocycles. The zero-order chi connectivity index (χ0) is 19.0. The normalized spacial score (nSPS) is 17.4. The van der Waals surface area contributed by atoms with Gasteiger partial charge in [0.05, 0.1) is 16.6 Å². The van der Waals surface area contributed by atoms with Crippen LogP contribution in [0.1, 0.15) is 41.2 Å². The van der Waals surface area contributed by atoms with Gasteiger partial charge in [-0.05, 0) is 57.9 Å². The number of hydrogen-bond acceptors (Lipinski definition) is 4. The van der Waals surface area contributed by atoms with Crippen LogP contribution in [-0.2, 0) is 18.3 Å². The zero-order valence-electron chi connectivity index (χ0n) is 15.7. The van der Waals surface area contributed by atoms with Crippen molar-refractivity contribution in [2.75, 3.05) is 5.32 Å². The lowest BCUT2D eigenvalue weighted by Crippen LogP contribution is -2.34. The minimum Gasteiger partial charge on any atom is -0.349 e. The Morgan fingerprint density at radius 2 is 2.15 bits per heavy atom. The quantitative estimate of drug-likeness (QED) is 0.865. The van der Waals surface area contributed by atoms with Crippen molar-refractivity contribution in [1.82, 2.24) is 15.1 Å². The highest BCUT2D eigenvalue weighted by Crippen LogP contribution is 2.35. The van der Waals surface area contributed by atoms with E-state index in [1.165, 1.54) is 17.3 Å². The van der Waals surface area contributed by atoms with Gasteiger partial charge in [-0.2, -0.15) is 5.10 Å². The fraction of sp³-hybridized carbons (Fsp3) is 0.421. The van der Waals surface area contributed by atoms with Crippen LogP contribution in [0, 0.1) is 13.8 Å². The molecule has 2 amide bonds. The van der Waals surface area contributed by atoms with Crippen LogP contribution in [-0.4, -0.2) is 32.9 Å². The van der Waals surface area contributed by atoms with Crippen LogP contribution in [0.4, 0.5) is 5.69 Å². The van der Waals surface area contributed by atoms with Crippen LogP contribution in [0.3, 0.4) is 0 Å². The van der Waals surface area contributed by atoms with Crippen molar-refractivity contribution in [3.63, 3.8) is 0 Å². The molecular weight excluding hydrogens is 348 g/mol. The lowest BCUT2D eigenvalue weighted by atomic mass is 10.0. The highest BCUT2D eigenvalue weighted by atomic mass is 32.2. The van der Waals surface area contributed by atoms with Crippen LogP contribution in [0.5, 0.6) is 0 Å². The number of carbonyl (C=O) groups is 2. The van der Waals surface area contributed by atoms with E-state index in [1.807, 2.05) is 45.5 Å². The monoisotopic (exact) mass is 372 g/mol. The van der Waals surface area contributed by atoms with Gasteiger partial charge in [0.25, 0.3) is 5.91 Å². The molecule has 0 spiro atoms. The predicted octanol–water partition coefficient (Wildman–Crippen LogP) is 2.83. The lowest BCUT2D eigenvalue weighted by Gasteiger charge is -2.22. The van der Waals surface area contributed by atoms with Gasteiger partial charge in [0, 0.05) is 29.2 Å². The molecule has 0 saturated carbocycles. The van der Waals surface area contributed by atoms with Crippen LogP contribution < -0.4 is 10.6 Å². The smallest absolute Gasteiger partial charge is 0.251 e. The maximum atomic E-state index is 12.6. The molecular formula is C19H24N4O2S. The Balaban J connectivity index is 1.70. The number of nitrogens with zero attached hydrogens (tertiary/aromatic N) is 2. The molecule has 0 aliphatic carbocycles. The fourth-order valence-electron chi connectivity index (χ4n) is 3.13. The number of benzene rings is 1. The number of hydrogen-bond donors (Lipinski definition) is 2. The molecule has 1 aliphatic rings. The van der Waals surface area contributed by atoms with E-state index in [4.69, 9.17) is 0 Å². The third-order valence-corrected chi connectivity index (χ3v) is 5.90. The maximum absolute atomic E-state index is 12.6. The summed E-state index contributed by atoms with van der Waals surface area (Å²) in [6, 6.07) is 5.42. The summed E-state index contributed by atoms with van der Waals surface area (Å²) < 4.78 is 1.87. The maximum Gasteiger partial charge on any atom is 0.251 e. The summed E-state index contributed by atoms with van der Waals surface area (Å²) in [7, 11) is 1.93. The SMILES string of the molecule is Cc1nn(C)c(C)c1C[C@@H](C)NC(=O)c1ccc2c(c1)NC(=O)[C@@H](C)S2. The molecule has 2 aromatic rings. The molecule has 1 aromatic carbocycles. The Morgan fingerprint density at radius 3 is 2.81 bits per heavy atom. The molecule has 0 radical (unpaired) electrons. The molecule has 0 fully saturated rings. The van der Waals surface area contributed by atoms with Gasteiger partial charge in [0.2, 0.25) is 5.91 Å². The van der Waals surface area contributed by atoms with Crippen molar-refractivity contribution in [1.29, 1.82) is 0 Å². The topological polar surface area (TPSA) is 76.0 Å². The first-order valence-corrected chi connectivity index (χ1v) is 9.55. The first kappa shape index (κ1) is 18.5. The van der Waals surface area contributed by atoms with Crippen molar-refractivity contribution >= 4 is 29.3 Å². The summed E-state index contributed by atoms with van der Waals surface area (Å²) in [5.41, 5.74) is 4.53. The summed E-state index contributed by atoms with van der Waals surface area (Å²) in [6.07, 6.45) is 0.728. The van der Waals surface area contributed by atoms with E-state index in [1.54, 1.807) is 12.1 Å². The van der Waals surface area contributed by atoms with Gasteiger partial charge in [0.15, 0.2) is 0 Å². The van der Waals surface area contributed by atoms with Crippen molar-refractivity contribution < 1.29 is 9.59 Å². The number of amides is 2. The molecule has 3 rings (SSSR count). The summed E-state index contributed by atoms with van der Waals surface area (Å²) in [6.45, 7) is 7.88. The van der Waals surface area contributed by atoms with E-state index < -0.39 is 0 Å². The number of aromatic nitrogens is 2. The summed E-state index contributed by atoms with van der Waals surface area (Å²) in [5, 5.41) is 10.2. The Labute approximate surface area is 157 Å². The molecule has 0 bridgehead atoms. The largest absolute Gasteiger partial charge is 0.349 e. The second-order valence-corrected chi connectivity index (χ2v) is 8.19. The van der Waals surface area contributed by atoms with E-state index in [-0.39, 0.29) is 23.1 Å².